The lowest BCUT2D eigenvalue weighted by Crippen LogP contribution is -2.68. The van der Waals surface area contributed by atoms with Crippen molar-refractivity contribution in [1.82, 2.24) is 0 Å². The molecule has 7 heteroatoms. The predicted molar refractivity (Wildman–Crippen MR) is 159 cm³/mol. The van der Waals surface area contributed by atoms with Crippen LogP contribution in [0.25, 0.3) is 0 Å². The number of hydrogen-bond acceptors (Lipinski definition) is 7. The van der Waals surface area contributed by atoms with Crippen molar-refractivity contribution in [2.45, 2.75) is 131 Å². The molecule has 7 nitrogen and oxygen atoms in total. The van der Waals surface area contributed by atoms with Crippen LogP contribution in [0.2, 0.25) is 0 Å². The minimum absolute atomic E-state index is 0.0530. The van der Waals surface area contributed by atoms with Crippen molar-refractivity contribution in [3.63, 3.8) is 0 Å². The van der Waals surface area contributed by atoms with Crippen molar-refractivity contribution in [2.24, 2.45) is 50.7 Å². The van der Waals surface area contributed by atoms with E-state index in [1.165, 1.54) is 21.0 Å². The molecule has 5 aliphatic rings. The lowest BCUT2D eigenvalue weighted by molar-refractivity contribution is -0.312. The highest BCUT2D eigenvalue weighted by atomic mass is 16.7. The maximum Gasteiger partial charge on any atom is 0.318 e. The Morgan fingerprint density at radius 3 is 2.12 bits per heavy atom. The second kappa shape index (κ2) is 10.1. The second-order valence-corrected chi connectivity index (χ2v) is 16.2. The highest BCUT2D eigenvalue weighted by molar-refractivity contribution is 5.79. The molecule has 0 spiro atoms. The molecule has 0 aliphatic heterocycles. The first-order valence-electron chi connectivity index (χ1n) is 16.3. The zero-order valence-electron chi connectivity index (χ0n) is 27.4. The van der Waals surface area contributed by atoms with Crippen molar-refractivity contribution >= 4 is 17.9 Å². The third kappa shape index (κ3) is 4.33. The Morgan fingerprint density at radius 2 is 1.50 bits per heavy atom. The van der Waals surface area contributed by atoms with Gasteiger partial charge in [0.05, 0.1) is 7.11 Å². The summed E-state index contributed by atoms with van der Waals surface area (Å²) >= 11 is 0. The third-order valence-electron chi connectivity index (χ3n) is 13.9. The van der Waals surface area contributed by atoms with Crippen molar-refractivity contribution < 1.29 is 33.7 Å². The predicted octanol–water partition coefficient (Wildman–Crippen LogP) is 6.75. The molecular formula is C35H54O7. The summed E-state index contributed by atoms with van der Waals surface area (Å²) in [4.78, 5) is 37.6. The SMILES string of the molecule is COC(=O)C1(C)C2CCC3(C)CC4=CCC5C(C)(C)C(OC(C)=O)CCC5(C)C4CCC3C2(C)CCC1(O)OC(C)=O. The van der Waals surface area contributed by atoms with Gasteiger partial charge in [0.1, 0.15) is 11.5 Å². The first-order valence-corrected chi connectivity index (χ1v) is 16.3. The van der Waals surface area contributed by atoms with Gasteiger partial charge in [-0.2, -0.15) is 0 Å². The van der Waals surface area contributed by atoms with Gasteiger partial charge < -0.3 is 19.3 Å². The number of carbonyl (C=O) groups is 3. The van der Waals surface area contributed by atoms with E-state index < -0.39 is 23.1 Å². The summed E-state index contributed by atoms with van der Waals surface area (Å²) in [5.41, 5.74) is 0.141. The molecular weight excluding hydrogens is 532 g/mol. The largest absolute Gasteiger partial charge is 0.468 e. The molecule has 42 heavy (non-hydrogen) atoms. The molecule has 10 unspecified atom stereocenters. The zero-order valence-corrected chi connectivity index (χ0v) is 27.4. The summed E-state index contributed by atoms with van der Waals surface area (Å²) in [5.74, 6) is -2.08. The molecule has 4 fully saturated rings. The molecule has 0 heterocycles. The van der Waals surface area contributed by atoms with Crippen LogP contribution in [0.1, 0.15) is 120 Å². The number of aliphatic hydroxyl groups is 1. The van der Waals surface area contributed by atoms with E-state index in [0.29, 0.717) is 24.2 Å². The van der Waals surface area contributed by atoms with Crippen molar-refractivity contribution in [2.75, 3.05) is 7.11 Å². The average molecular weight is 587 g/mol. The average Bonchev–Trinajstić information content (AvgIpc) is 3.04. The Hall–Kier alpha value is -1.89. The summed E-state index contributed by atoms with van der Waals surface area (Å²) in [6.07, 6.45) is 11.3. The number of esters is 3. The molecule has 5 aliphatic carbocycles. The minimum atomic E-state index is -1.89. The van der Waals surface area contributed by atoms with Gasteiger partial charge in [-0.3, -0.25) is 14.4 Å². The van der Waals surface area contributed by atoms with Crippen molar-refractivity contribution in [1.29, 1.82) is 0 Å². The highest BCUT2D eigenvalue weighted by Gasteiger charge is 2.71. The fourth-order valence-corrected chi connectivity index (χ4v) is 11.9. The number of ether oxygens (including phenoxy) is 3. The first kappa shape index (κ1) is 31.5. The van der Waals surface area contributed by atoms with Crippen LogP contribution >= 0.6 is 0 Å². The molecule has 0 aromatic rings. The van der Waals surface area contributed by atoms with Gasteiger partial charge in [-0.15, -0.1) is 0 Å². The molecule has 0 bridgehead atoms. The van der Waals surface area contributed by atoms with Crippen LogP contribution in [0.4, 0.5) is 0 Å². The van der Waals surface area contributed by atoms with E-state index in [4.69, 9.17) is 14.2 Å². The molecule has 0 amide bonds. The van der Waals surface area contributed by atoms with E-state index >= 15 is 0 Å². The topological polar surface area (TPSA) is 99.1 Å². The van der Waals surface area contributed by atoms with Gasteiger partial charge >= 0.3 is 17.9 Å². The molecule has 4 saturated carbocycles. The fourth-order valence-electron chi connectivity index (χ4n) is 11.9. The molecule has 10 atom stereocenters. The van der Waals surface area contributed by atoms with Crippen LogP contribution in [-0.2, 0) is 28.6 Å². The van der Waals surface area contributed by atoms with Crippen LogP contribution in [0, 0.1) is 50.7 Å². The maximum absolute atomic E-state index is 13.5. The maximum atomic E-state index is 13.5. The minimum Gasteiger partial charge on any atom is -0.468 e. The van der Waals surface area contributed by atoms with E-state index in [1.807, 2.05) is 0 Å². The van der Waals surface area contributed by atoms with Crippen LogP contribution in [0.5, 0.6) is 0 Å². The Bertz CT molecular complexity index is 1170. The Kier molecular flexibility index (Phi) is 7.56. The van der Waals surface area contributed by atoms with E-state index in [1.54, 1.807) is 12.5 Å². The number of allylic oxidation sites excluding steroid dienone is 2. The summed E-state index contributed by atoms with van der Waals surface area (Å²) in [6, 6.07) is 0. The van der Waals surface area contributed by atoms with Gasteiger partial charge in [0.2, 0.25) is 5.79 Å². The molecule has 236 valence electrons. The highest BCUT2D eigenvalue weighted by Crippen LogP contribution is 2.71. The van der Waals surface area contributed by atoms with Gasteiger partial charge in [-0.25, -0.2) is 0 Å². The number of carbonyl (C=O) groups excluding carboxylic acids is 3. The first-order chi connectivity index (χ1) is 19.4. The van der Waals surface area contributed by atoms with Gasteiger partial charge in [-0.05, 0) is 105 Å². The van der Waals surface area contributed by atoms with Gasteiger partial charge in [-0.1, -0.05) is 46.3 Å². The van der Waals surface area contributed by atoms with Crippen molar-refractivity contribution in [3.05, 3.63) is 11.6 Å². The van der Waals surface area contributed by atoms with Crippen LogP contribution < -0.4 is 0 Å². The lowest BCUT2D eigenvalue weighted by atomic mass is 9.41. The summed E-state index contributed by atoms with van der Waals surface area (Å²) in [5, 5.41) is 11.8. The van der Waals surface area contributed by atoms with Gasteiger partial charge in [0.15, 0.2) is 0 Å². The smallest absolute Gasteiger partial charge is 0.318 e. The molecule has 0 saturated heterocycles. The van der Waals surface area contributed by atoms with E-state index in [2.05, 4.69) is 40.7 Å². The molecule has 0 radical (unpaired) electrons. The standard InChI is InChI=1S/C35H54O7/c1-21(36)41-28-15-17-32(6)24-11-13-26-31(5,20-23(24)10-12-25(32)30(28,3)4)16-14-27-33(26,7)18-19-35(39,42-22(2)37)34(27,8)29(38)40-9/h10,24-28,39H,11-20H2,1-9H3. The Balaban J connectivity index is 1.50. The van der Waals surface area contributed by atoms with E-state index in [0.717, 1.165) is 51.4 Å². The quantitative estimate of drug-likeness (QED) is 0.169. The summed E-state index contributed by atoms with van der Waals surface area (Å²) < 4.78 is 16.8. The van der Waals surface area contributed by atoms with E-state index in [9.17, 15) is 19.5 Å². The Labute approximate surface area is 252 Å². The second-order valence-electron chi connectivity index (χ2n) is 16.2. The van der Waals surface area contributed by atoms with Crippen LogP contribution in [-0.4, -0.2) is 42.0 Å². The number of fused-ring (bicyclic) bond motifs is 6. The summed E-state index contributed by atoms with van der Waals surface area (Å²) in [6.45, 7) is 16.5. The fraction of sp³-hybridized carbons (Fsp3) is 0.857. The molecule has 0 aromatic heterocycles. The Morgan fingerprint density at radius 1 is 0.810 bits per heavy atom. The zero-order chi connectivity index (χ0) is 31.1. The van der Waals surface area contributed by atoms with Crippen LogP contribution in [0.15, 0.2) is 11.6 Å². The summed E-state index contributed by atoms with van der Waals surface area (Å²) in [7, 11) is 1.36. The van der Waals surface area contributed by atoms with E-state index in [-0.39, 0.29) is 46.1 Å². The molecule has 5 rings (SSSR count). The van der Waals surface area contributed by atoms with Crippen LogP contribution in [0.3, 0.4) is 0 Å². The third-order valence-corrected chi connectivity index (χ3v) is 13.9. The number of hydrogen-bond donors (Lipinski definition) is 1. The van der Waals surface area contributed by atoms with Gasteiger partial charge in [0.25, 0.3) is 0 Å². The normalized spacial score (nSPS) is 47.7. The number of rotatable bonds is 3. The van der Waals surface area contributed by atoms with Crippen molar-refractivity contribution in [3.8, 4) is 0 Å². The number of methoxy groups -OCH3 is 1. The molecule has 0 aromatic carbocycles. The van der Waals surface area contributed by atoms with Gasteiger partial charge in [0, 0.05) is 25.7 Å². The monoisotopic (exact) mass is 586 g/mol. The molecule has 1 N–H and O–H groups in total. The lowest BCUT2D eigenvalue weighted by Gasteiger charge is -2.64.